The summed E-state index contributed by atoms with van der Waals surface area (Å²) >= 11 is 0. The third kappa shape index (κ3) is 3.81. The van der Waals surface area contributed by atoms with E-state index in [-0.39, 0.29) is 24.8 Å². The van der Waals surface area contributed by atoms with E-state index in [2.05, 4.69) is 9.97 Å². The van der Waals surface area contributed by atoms with Crippen molar-refractivity contribution in [2.75, 3.05) is 13.1 Å². The molecular formula is C16H16FN3O5S. The number of sulfonamides is 1. The molecule has 1 aliphatic heterocycles. The Balaban J connectivity index is 1.69. The van der Waals surface area contributed by atoms with Crippen LogP contribution in [0.2, 0.25) is 0 Å². The Morgan fingerprint density at radius 2 is 2.00 bits per heavy atom. The van der Waals surface area contributed by atoms with Gasteiger partial charge >= 0.3 is 5.97 Å². The number of carboxylic acids is 1. The van der Waals surface area contributed by atoms with Crippen LogP contribution in [0.3, 0.4) is 0 Å². The van der Waals surface area contributed by atoms with Crippen LogP contribution >= 0.6 is 0 Å². The molecule has 10 heteroatoms. The Morgan fingerprint density at radius 3 is 2.58 bits per heavy atom. The number of halogens is 1. The number of hydrogen-bond acceptors (Lipinski definition) is 6. The number of ether oxygens (including phenoxy) is 1. The highest BCUT2D eigenvalue weighted by Gasteiger charge is 2.32. The van der Waals surface area contributed by atoms with Crippen LogP contribution in [0.25, 0.3) is 0 Å². The molecule has 0 aliphatic carbocycles. The van der Waals surface area contributed by atoms with Gasteiger partial charge in [0.15, 0.2) is 0 Å². The molecule has 1 fully saturated rings. The monoisotopic (exact) mass is 381 g/mol. The number of carboxylic acid groups (broad SMARTS) is 1. The summed E-state index contributed by atoms with van der Waals surface area (Å²) in [5.41, 5.74) is -0.308. The lowest BCUT2D eigenvalue weighted by molar-refractivity contribution is 0.0696. The quantitative estimate of drug-likeness (QED) is 0.837. The van der Waals surface area contributed by atoms with Crippen LogP contribution in [0.4, 0.5) is 4.39 Å². The lowest BCUT2D eigenvalue weighted by Crippen LogP contribution is -2.42. The molecule has 2 aromatic rings. The Bertz CT molecular complexity index is 899. The zero-order valence-corrected chi connectivity index (χ0v) is 14.4. The van der Waals surface area contributed by atoms with Crippen molar-refractivity contribution in [3.05, 3.63) is 48.2 Å². The molecule has 0 bridgehead atoms. The summed E-state index contributed by atoms with van der Waals surface area (Å²) < 4.78 is 46.2. The van der Waals surface area contributed by atoms with Crippen molar-refractivity contribution in [3.8, 4) is 5.88 Å². The highest BCUT2D eigenvalue weighted by Crippen LogP contribution is 2.25. The second-order valence-electron chi connectivity index (χ2n) is 5.72. The van der Waals surface area contributed by atoms with E-state index >= 15 is 0 Å². The van der Waals surface area contributed by atoms with E-state index in [4.69, 9.17) is 9.84 Å². The molecule has 3 rings (SSSR count). The van der Waals surface area contributed by atoms with E-state index in [1.807, 2.05) is 0 Å². The number of hydrogen-bond donors (Lipinski definition) is 1. The number of nitrogens with zero attached hydrogens (tertiary/aromatic N) is 3. The van der Waals surface area contributed by atoms with Crippen molar-refractivity contribution in [2.45, 2.75) is 23.8 Å². The zero-order chi connectivity index (χ0) is 18.7. The van der Waals surface area contributed by atoms with Crippen LogP contribution in [0.5, 0.6) is 5.88 Å². The molecule has 0 saturated carbocycles. The highest BCUT2D eigenvalue weighted by molar-refractivity contribution is 7.89. The number of carbonyl (C=O) groups is 1. The Morgan fingerprint density at radius 1 is 1.27 bits per heavy atom. The molecule has 0 amide bonds. The van der Waals surface area contributed by atoms with Crippen molar-refractivity contribution >= 4 is 16.0 Å². The van der Waals surface area contributed by atoms with Gasteiger partial charge in [-0.05, 0) is 31.0 Å². The van der Waals surface area contributed by atoms with Crippen molar-refractivity contribution in [2.24, 2.45) is 0 Å². The predicted molar refractivity (Wildman–Crippen MR) is 87.8 cm³/mol. The van der Waals surface area contributed by atoms with Gasteiger partial charge in [-0.1, -0.05) is 0 Å². The predicted octanol–water partition coefficient (Wildman–Crippen LogP) is 1.55. The fourth-order valence-corrected chi connectivity index (χ4v) is 4.20. The molecule has 26 heavy (non-hydrogen) atoms. The molecule has 0 spiro atoms. The van der Waals surface area contributed by atoms with Crippen LogP contribution in [0, 0.1) is 5.82 Å². The van der Waals surface area contributed by atoms with E-state index in [1.165, 1.54) is 22.9 Å². The summed E-state index contributed by atoms with van der Waals surface area (Å²) in [6, 6.07) is 2.76. The molecule has 1 aliphatic rings. The molecule has 1 aromatic carbocycles. The van der Waals surface area contributed by atoms with Gasteiger partial charge in [-0.3, -0.25) is 4.98 Å². The van der Waals surface area contributed by atoms with Crippen molar-refractivity contribution in [1.29, 1.82) is 0 Å². The number of aromatic carboxylic acids is 1. The molecule has 1 saturated heterocycles. The third-order valence-electron chi connectivity index (χ3n) is 4.02. The number of aromatic nitrogens is 2. The first kappa shape index (κ1) is 18.2. The first-order valence-electron chi connectivity index (χ1n) is 7.83. The Hall–Kier alpha value is -2.59. The minimum Gasteiger partial charge on any atom is -0.478 e. The van der Waals surface area contributed by atoms with Crippen LogP contribution in [-0.2, 0) is 10.0 Å². The van der Waals surface area contributed by atoms with E-state index in [1.54, 1.807) is 0 Å². The van der Waals surface area contributed by atoms with Crippen molar-refractivity contribution in [3.63, 3.8) is 0 Å². The van der Waals surface area contributed by atoms with Gasteiger partial charge in [-0.2, -0.15) is 4.31 Å². The fraction of sp³-hybridized carbons (Fsp3) is 0.312. The second-order valence-corrected chi connectivity index (χ2v) is 7.62. The van der Waals surface area contributed by atoms with Crippen molar-refractivity contribution < 1.29 is 27.4 Å². The number of rotatable bonds is 5. The lowest BCUT2D eigenvalue weighted by atomic mass is 10.1. The molecule has 1 N–H and O–H groups in total. The molecule has 0 unspecified atom stereocenters. The first-order chi connectivity index (χ1) is 12.4. The zero-order valence-electron chi connectivity index (χ0n) is 13.6. The smallest absolute Gasteiger partial charge is 0.335 e. The van der Waals surface area contributed by atoms with Crippen LogP contribution in [0.1, 0.15) is 23.2 Å². The van der Waals surface area contributed by atoms with Gasteiger partial charge in [0.2, 0.25) is 15.9 Å². The van der Waals surface area contributed by atoms with Gasteiger partial charge in [0.1, 0.15) is 16.8 Å². The van der Waals surface area contributed by atoms with Gasteiger partial charge in [0.05, 0.1) is 11.8 Å². The average Bonchev–Trinajstić information content (AvgIpc) is 2.62. The van der Waals surface area contributed by atoms with E-state index in [9.17, 15) is 17.6 Å². The topological polar surface area (TPSA) is 110 Å². The van der Waals surface area contributed by atoms with Crippen LogP contribution in [0.15, 0.2) is 41.7 Å². The molecule has 8 nitrogen and oxygen atoms in total. The molecule has 0 atom stereocenters. The normalized spacial score (nSPS) is 16.3. The SMILES string of the molecule is O=C(O)c1ccc(S(=O)(=O)N2CCC(Oc3cnccn3)CC2)c(F)c1. The fourth-order valence-electron chi connectivity index (χ4n) is 2.69. The average molecular weight is 381 g/mol. The molecule has 2 heterocycles. The summed E-state index contributed by atoms with van der Waals surface area (Å²) in [7, 11) is -4.05. The van der Waals surface area contributed by atoms with E-state index in [0.717, 1.165) is 12.1 Å². The van der Waals surface area contributed by atoms with Crippen LogP contribution in [-0.4, -0.2) is 53.0 Å². The maximum Gasteiger partial charge on any atom is 0.335 e. The van der Waals surface area contributed by atoms with E-state index < -0.39 is 26.7 Å². The molecule has 1 aromatic heterocycles. The van der Waals surface area contributed by atoms with Gasteiger partial charge in [0, 0.05) is 25.5 Å². The van der Waals surface area contributed by atoms with Gasteiger partial charge in [-0.25, -0.2) is 22.6 Å². The first-order valence-corrected chi connectivity index (χ1v) is 9.27. The summed E-state index contributed by atoms with van der Waals surface area (Å²) in [5, 5.41) is 8.85. The van der Waals surface area contributed by atoms with Crippen molar-refractivity contribution in [1.82, 2.24) is 14.3 Å². The van der Waals surface area contributed by atoms with Gasteiger partial charge in [-0.15, -0.1) is 0 Å². The molecular weight excluding hydrogens is 365 g/mol. The third-order valence-corrected chi connectivity index (χ3v) is 5.96. The lowest BCUT2D eigenvalue weighted by Gasteiger charge is -2.31. The summed E-state index contributed by atoms with van der Waals surface area (Å²) in [6.45, 7) is 0.320. The Kier molecular flexibility index (Phi) is 5.14. The standard InChI is InChI=1S/C16H16FN3O5S/c17-13-9-11(16(21)22)1-2-14(13)26(23,24)20-7-3-12(4-8-20)25-15-10-18-5-6-19-15/h1-2,5-6,9-10,12H,3-4,7-8H2,(H,21,22). The minimum atomic E-state index is -4.05. The summed E-state index contributed by atoms with van der Waals surface area (Å²) in [4.78, 5) is 18.2. The molecule has 0 radical (unpaired) electrons. The van der Waals surface area contributed by atoms with Crippen LogP contribution < -0.4 is 4.74 Å². The minimum absolute atomic E-state index is 0.160. The number of piperidine rings is 1. The second kappa shape index (κ2) is 7.34. The maximum atomic E-state index is 14.1. The van der Waals surface area contributed by atoms with E-state index in [0.29, 0.717) is 24.8 Å². The Labute approximate surface area is 149 Å². The van der Waals surface area contributed by atoms with Gasteiger partial charge < -0.3 is 9.84 Å². The number of benzene rings is 1. The maximum absolute atomic E-state index is 14.1. The summed E-state index contributed by atoms with van der Waals surface area (Å²) in [5.74, 6) is -2.04. The highest BCUT2D eigenvalue weighted by atomic mass is 32.2. The largest absolute Gasteiger partial charge is 0.478 e. The molecule has 138 valence electrons. The van der Waals surface area contributed by atoms with Gasteiger partial charge in [0.25, 0.3) is 0 Å². The summed E-state index contributed by atoms with van der Waals surface area (Å²) in [6.07, 6.45) is 5.13.